The van der Waals surface area contributed by atoms with Crippen molar-refractivity contribution in [1.29, 1.82) is 0 Å². The second kappa shape index (κ2) is 5.19. The summed E-state index contributed by atoms with van der Waals surface area (Å²) in [6.07, 6.45) is 4.28. The van der Waals surface area contributed by atoms with Crippen molar-refractivity contribution in [1.82, 2.24) is 9.55 Å². The summed E-state index contributed by atoms with van der Waals surface area (Å²) in [5, 5.41) is 9.53. The zero-order chi connectivity index (χ0) is 16.1. The van der Waals surface area contributed by atoms with Crippen LogP contribution in [0.5, 0.6) is 0 Å². The lowest BCUT2D eigenvalue weighted by Crippen LogP contribution is -2.27. The summed E-state index contributed by atoms with van der Waals surface area (Å²) in [5.41, 5.74) is 1.13. The fraction of sp³-hybridized carbons (Fsp3) is 0.562. The lowest BCUT2D eigenvalue weighted by atomic mass is 9.72. The van der Waals surface area contributed by atoms with E-state index < -0.39 is 5.97 Å². The van der Waals surface area contributed by atoms with E-state index >= 15 is 0 Å². The van der Waals surface area contributed by atoms with Gasteiger partial charge in [-0.3, -0.25) is 14.2 Å². The first-order valence-electron chi connectivity index (χ1n) is 7.49. The number of nitrogens with zero attached hydrogens (tertiary/aromatic N) is 2. The quantitative estimate of drug-likeness (QED) is 0.923. The van der Waals surface area contributed by atoms with Crippen molar-refractivity contribution >= 4 is 27.5 Å². The second-order valence-corrected chi connectivity index (χ2v) is 8.14. The monoisotopic (exact) mass is 320 g/mol. The molecule has 0 aliphatic heterocycles. The molecule has 0 radical (unpaired) electrons. The lowest BCUT2D eigenvalue weighted by molar-refractivity contribution is -0.137. The molecule has 0 amide bonds. The van der Waals surface area contributed by atoms with Crippen LogP contribution in [0.1, 0.15) is 37.6 Å². The highest BCUT2D eigenvalue weighted by molar-refractivity contribution is 7.18. The van der Waals surface area contributed by atoms with Gasteiger partial charge in [0, 0.05) is 4.88 Å². The molecule has 0 bridgehead atoms. The number of aromatic nitrogens is 2. The van der Waals surface area contributed by atoms with E-state index in [0.717, 1.165) is 29.7 Å². The average Bonchev–Trinajstić information content (AvgIpc) is 2.78. The molecule has 1 aliphatic rings. The van der Waals surface area contributed by atoms with Crippen LogP contribution in [0, 0.1) is 11.3 Å². The smallest absolute Gasteiger partial charge is 0.323 e. The van der Waals surface area contributed by atoms with Gasteiger partial charge in [-0.25, -0.2) is 4.98 Å². The molecule has 2 aromatic rings. The normalized spacial score (nSPS) is 18.4. The predicted octanol–water partition coefficient (Wildman–Crippen LogP) is 2.69. The van der Waals surface area contributed by atoms with Crippen LogP contribution in [0.4, 0.5) is 0 Å². The van der Waals surface area contributed by atoms with E-state index in [9.17, 15) is 9.59 Å². The van der Waals surface area contributed by atoms with E-state index in [2.05, 4.69) is 25.8 Å². The average molecular weight is 320 g/mol. The van der Waals surface area contributed by atoms with Crippen LogP contribution >= 0.6 is 11.3 Å². The van der Waals surface area contributed by atoms with Gasteiger partial charge >= 0.3 is 5.97 Å². The van der Waals surface area contributed by atoms with Crippen LogP contribution in [-0.2, 0) is 24.2 Å². The Morgan fingerprint density at radius 3 is 2.86 bits per heavy atom. The summed E-state index contributed by atoms with van der Waals surface area (Å²) < 4.78 is 1.19. The molecule has 0 saturated carbocycles. The zero-order valence-corrected chi connectivity index (χ0v) is 13.9. The molecule has 2 aromatic heterocycles. The standard InChI is InChI=1S/C16H20N2O3S/c1-16(2,3)9-4-5-10-11(6-9)22-14-13(10)15(21)18(8-17-14)7-12(19)20/h8-9H,4-7H2,1-3H3,(H,19,20). The molecule has 3 rings (SSSR count). The van der Waals surface area contributed by atoms with E-state index in [4.69, 9.17) is 5.11 Å². The van der Waals surface area contributed by atoms with Gasteiger partial charge in [0.1, 0.15) is 11.4 Å². The molecule has 6 heteroatoms. The molecule has 0 spiro atoms. The Labute approximate surface area is 132 Å². The number of carbonyl (C=O) groups is 1. The van der Waals surface area contributed by atoms with Gasteiger partial charge in [-0.1, -0.05) is 20.8 Å². The first-order valence-corrected chi connectivity index (χ1v) is 8.30. The molecule has 2 heterocycles. The first-order chi connectivity index (χ1) is 10.3. The van der Waals surface area contributed by atoms with Crippen LogP contribution in [0.2, 0.25) is 0 Å². The van der Waals surface area contributed by atoms with Gasteiger partial charge in [-0.2, -0.15) is 0 Å². The first kappa shape index (κ1) is 15.2. The van der Waals surface area contributed by atoms with Crippen molar-refractivity contribution in [2.45, 2.75) is 46.6 Å². The van der Waals surface area contributed by atoms with Crippen molar-refractivity contribution < 1.29 is 9.90 Å². The van der Waals surface area contributed by atoms with Crippen molar-refractivity contribution in [3.63, 3.8) is 0 Å². The summed E-state index contributed by atoms with van der Waals surface area (Å²) in [6, 6.07) is 0. The maximum Gasteiger partial charge on any atom is 0.323 e. The molecule has 1 aliphatic carbocycles. The molecule has 22 heavy (non-hydrogen) atoms. The van der Waals surface area contributed by atoms with E-state index in [-0.39, 0.29) is 17.5 Å². The van der Waals surface area contributed by atoms with E-state index in [1.54, 1.807) is 11.3 Å². The van der Waals surface area contributed by atoms with Crippen LogP contribution in [0.25, 0.3) is 10.2 Å². The van der Waals surface area contributed by atoms with Gasteiger partial charge < -0.3 is 5.11 Å². The highest BCUT2D eigenvalue weighted by Crippen LogP contribution is 2.41. The van der Waals surface area contributed by atoms with Crippen molar-refractivity contribution in [3.05, 3.63) is 27.1 Å². The number of aliphatic carboxylic acids is 1. The van der Waals surface area contributed by atoms with Crippen LogP contribution in [-0.4, -0.2) is 20.6 Å². The molecule has 118 valence electrons. The Morgan fingerprint density at radius 1 is 1.50 bits per heavy atom. The number of hydrogen-bond acceptors (Lipinski definition) is 4. The van der Waals surface area contributed by atoms with Crippen molar-refractivity contribution in [2.24, 2.45) is 11.3 Å². The zero-order valence-electron chi connectivity index (χ0n) is 13.0. The maximum absolute atomic E-state index is 12.5. The van der Waals surface area contributed by atoms with E-state index in [1.807, 2.05) is 0 Å². The highest BCUT2D eigenvalue weighted by atomic mass is 32.1. The van der Waals surface area contributed by atoms with Crippen molar-refractivity contribution in [3.8, 4) is 0 Å². The molecule has 5 nitrogen and oxygen atoms in total. The molecule has 0 fully saturated rings. The molecule has 0 saturated heterocycles. The topological polar surface area (TPSA) is 72.2 Å². The SMILES string of the molecule is CC(C)(C)C1CCc2c(sc3ncn(CC(=O)O)c(=O)c23)C1. The number of fused-ring (bicyclic) bond motifs is 3. The summed E-state index contributed by atoms with van der Waals surface area (Å²) in [5.74, 6) is -0.422. The van der Waals surface area contributed by atoms with Gasteiger partial charge in [0.15, 0.2) is 0 Å². The number of aryl methyl sites for hydroxylation is 1. The number of carboxylic acid groups (broad SMARTS) is 1. The maximum atomic E-state index is 12.5. The Kier molecular flexibility index (Phi) is 3.59. The number of carboxylic acids is 1. The van der Waals surface area contributed by atoms with Gasteiger partial charge in [0.25, 0.3) is 5.56 Å². The third kappa shape index (κ3) is 2.56. The van der Waals surface area contributed by atoms with Crippen molar-refractivity contribution in [2.75, 3.05) is 0 Å². The molecule has 1 atom stereocenters. The lowest BCUT2D eigenvalue weighted by Gasteiger charge is -2.33. The van der Waals surface area contributed by atoms with Gasteiger partial charge in [0.05, 0.1) is 11.7 Å². The molecule has 1 unspecified atom stereocenters. The largest absolute Gasteiger partial charge is 0.480 e. The number of hydrogen-bond donors (Lipinski definition) is 1. The Bertz CT molecular complexity index is 798. The summed E-state index contributed by atoms with van der Waals surface area (Å²) in [4.78, 5) is 29.7. The second-order valence-electron chi connectivity index (χ2n) is 7.06. The minimum atomic E-state index is -1.03. The molecular weight excluding hydrogens is 300 g/mol. The van der Waals surface area contributed by atoms with E-state index in [1.165, 1.54) is 15.8 Å². The van der Waals surface area contributed by atoms with Gasteiger partial charge in [-0.15, -0.1) is 11.3 Å². The summed E-state index contributed by atoms with van der Waals surface area (Å²) in [6.45, 7) is 6.44. The van der Waals surface area contributed by atoms with Crippen LogP contribution < -0.4 is 5.56 Å². The fourth-order valence-corrected chi connectivity index (χ4v) is 4.46. The fourth-order valence-electron chi connectivity index (χ4n) is 3.20. The minimum Gasteiger partial charge on any atom is -0.480 e. The molecule has 0 aromatic carbocycles. The van der Waals surface area contributed by atoms with Crippen LogP contribution in [0.3, 0.4) is 0 Å². The Balaban J connectivity index is 2.08. The van der Waals surface area contributed by atoms with E-state index in [0.29, 0.717) is 11.3 Å². The van der Waals surface area contributed by atoms with Gasteiger partial charge in [0.2, 0.25) is 0 Å². The number of thiophene rings is 1. The summed E-state index contributed by atoms with van der Waals surface area (Å²) in [7, 11) is 0. The van der Waals surface area contributed by atoms with Gasteiger partial charge in [-0.05, 0) is 36.2 Å². The summed E-state index contributed by atoms with van der Waals surface area (Å²) >= 11 is 1.59. The minimum absolute atomic E-state index is 0.223. The number of rotatable bonds is 2. The Morgan fingerprint density at radius 2 is 2.23 bits per heavy atom. The molecular formula is C16H20N2O3S. The van der Waals surface area contributed by atoms with Crippen LogP contribution in [0.15, 0.2) is 11.1 Å². The molecule has 1 N–H and O–H groups in total. The Hall–Kier alpha value is -1.69. The highest BCUT2D eigenvalue weighted by Gasteiger charge is 2.31. The third-order valence-corrected chi connectivity index (χ3v) is 5.73. The third-order valence-electron chi connectivity index (χ3n) is 4.57. The predicted molar refractivity (Wildman–Crippen MR) is 86.5 cm³/mol.